The van der Waals surface area contributed by atoms with Gasteiger partial charge in [-0.25, -0.2) is 0 Å². The van der Waals surface area contributed by atoms with E-state index >= 15 is 0 Å². The summed E-state index contributed by atoms with van der Waals surface area (Å²) in [6.45, 7) is 1.93. The molecule has 0 spiro atoms. The Morgan fingerprint density at radius 1 is 0.931 bits per heavy atom. The van der Waals surface area contributed by atoms with E-state index in [9.17, 15) is 0 Å². The standard InChI is InChI=1S/C20H22N8.HI/c1-21-20(23-14-19-26-25-18-9-4-5-12-28(18)19)22-13-16-7-2-3-8-17(16)15-27-11-6-10-24-27;/h2-12H,13-15H2,1H3,(H2,21,22,23);1H. The van der Waals surface area contributed by atoms with Crippen molar-refractivity contribution in [3.8, 4) is 0 Å². The fraction of sp³-hybridized carbons (Fsp3) is 0.200. The summed E-state index contributed by atoms with van der Waals surface area (Å²) in [5.41, 5.74) is 3.25. The van der Waals surface area contributed by atoms with Crippen LogP contribution in [-0.2, 0) is 19.6 Å². The summed E-state index contributed by atoms with van der Waals surface area (Å²) in [5, 5.41) is 19.4. The Labute approximate surface area is 186 Å². The summed E-state index contributed by atoms with van der Waals surface area (Å²) in [6.07, 6.45) is 5.71. The molecular formula is C20H23IN8. The summed E-state index contributed by atoms with van der Waals surface area (Å²) in [7, 11) is 1.76. The molecule has 8 nitrogen and oxygen atoms in total. The van der Waals surface area contributed by atoms with Gasteiger partial charge in [0.1, 0.15) is 0 Å². The zero-order valence-electron chi connectivity index (χ0n) is 16.1. The smallest absolute Gasteiger partial charge is 0.191 e. The Bertz CT molecular complexity index is 1070. The highest BCUT2D eigenvalue weighted by Gasteiger charge is 2.07. The van der Waals surface area contributed by atoms with Crippen molar-refractivity contribution in [3.63, 3.8) is 0 Å². The molecule has 4 aromatic rings. The molecule has 9 heteroatoms. The Morgan fingerprint density at radius 3 is 2.52 bits per heavy atom. The maximum absolute atomic E-state index is 4.31. The molecule has 0 aliphatic carbocycles. The van der Waals surface area contributed by atoms with Gasteiger partial charge in [-0.05, 0) is 29.3 Å². The minimum atomic E-state index is 0. The summed E-state index contributed by atoms with van der Waals surface area (Å²) < 4.78 is 3.88. The molecule has 4 rings (SSSR count). The number of hydrogen-bond acceptors (Lipinski definition) is 4. The van der Waals surface area contributed by atoms with E-state index in [1.165, 1.54) is 11.1 Å². The van der Waals surface area contributed by atoms with E-state index in [0.717, 1.165) is 18.0 Å². The maximum atomic E-state index is 4.31. The van der Waals surface area contributed by atoms with Gasteiger partial charge in [0.2, 0.25) is 0 Å². The number of aliphatic imine (C=N–C) groups is 1. The highest BCUT2D eigenvalue weighted by Crippen LogP contribution is 2.10. The van der Waals surface area contributed by atoms with Crippen molar-refractivity contribution >= 4 is 35.6 Å². The van der Waals surface area contributed by atoms with Crippen molar-refractivity contribution in [1.29, 1.82) is 0 Å². The maximum Gasteiger partial charge on any atom is 0.191 e. The number of nitrogens with one attached hydrogen (secondary N) is 2. The quantitative estimate of drug-likeness (QED) is 0.241. The van der Waals surface area contributed by atoms with E-state index in [1.807, 2.05) is 57.9 Å². The van der Waals surface area contributed by atoms with Gasteiger partial charge in [-0.15, -0.1) is 34.2 Å². The number of fused-ring (bicyclic) bond motifs is 1. The van der Waals surface area contributed by atoms with Crippen LogP contribution >= 0.6 is 24.0 Å². The zero-order chi connectivity index (χ0) is 19.2. The Hall–Kier alpha value is -2.95. The summed E-state index contributed by atoms with van der Waals surface area (Å²) >= 11 is 0. The molecule has 0 amide bonds. The second kappa shape index (κ2) is 10.0. The van der Waals surface area contributed by atoms with Crippen LogP contribution in [0.2, 0.25) is 0 Å². The minimum absolute atomic E-state index is 0. The lowest BCUT2D eigenvalue weighted by molar-refractivity contribution is 0.677. The molecule has 0 aliphatic heterocycles. The normalized spacial score (nSPS) is 11.3. The number of aromatic nitrogens is 5. The van der Waals surface area contributed by atoms with Crippen LogP contribution in [0.4, 0.5) is 0 Å². The molecule has 0 fully saturated rings. The molecule has 0 bridgehead atoms. The van der Waals surface area contributed by atoms with E-state index in [4.69, 9.17) is 0 Å². The number of pyridine rings is 1. The first kappa shape index (κ1) is 20.8. The predicted octanol–water partition coefficient (Wildman–Crippen LogP) is 2.46. The van der Waals surface area contributed by atoms with Gasteiger partial charge in [-0.3, -0.25) is 14.1 Å². The molecule has 0 unspecified atom stereocenters. The van der Waals surface area contributed by atoms with Crippen LogP contribution < -0.4 is 10.6 Å². The van der Waals surface area contributed by atoms with Crippen LogP contribution in [-0.4, -0.2) is 37.4 Å². The zero-order valence-corrected chi connectivity index (χ0v) is 18.4. The van der Waals surface area contributed by atoms with Crippen molar-refractivity contribution < 1.29 is 0 Å². The van der Waals surface area contributed by atoms with Gasteiger partial charge in [0, 0.05) is 32.2 Å². The lowest BCUT2D eigenvalue weighted by atomic mass is 10.1. The monoisotopic (exact) mass is 502 g/mol. The van der Waals surface area contributed by atoms with E-state index in [2.05, 4.69) is 43.1 Å². The summed E-state index contributed by atoms with van der Waals surface area (Å²) in [6, 6.07) is 16.1. The van der Waals surface area contributed by atoms with Crippen molar-refractivity contribution in [2.24, 2.45) is 4.99 Å². The predicted molar refractivity (Wildman–Crippen MR) is 123 cm³/mol. The Balaban J connectivity index is 0.00000240. The van der Waals surface area contributed by atoms with Gasteiger partial charge in [0.25, 0.3) is 0 Å². The van der Waals surface area contributed by atoms with Gasteiger partial charge >= 0.3 is 0 Å². The lowest BCUT2D eigenvalue weighted by Crippen LogP contribution is -2.37. The lowest BCUT2D eigenvalue weighted by Gasteiger charge is -2.14. The molecule has 150 valence electrons. The fourth-order valence-electron chi connectivity index (χ4n) is 3.03. The highest BCUT2D eigenvalue weighted by molar-refractivity contribution is 14.0. The van der Waals surface area contributed by atoms with Crippen LogP contribution in [0, 0.1) is 0 Å². The highest BCUT2D eigenvalue weighted by atomic mass is 127. The number of hydrogen-bond donors (Lipinski definition) is 2. The topological polar surface area (TPSA) is 84.4 Å². The molecular weight excluding hydrogens is 479 g/mol. The third-order valence-corrected chi connectivity index (χ3v) is 4.48. The average molecular weight is 502 g/mol. The van der Waals surface area contributed by atoms with Crippen molar-refractivity contribution in [2.45, 2.75) is 19.6 Å². The number of nitrogens with zero attached hydrogens (tertiary/aromatic N) is 6. The molecule has 3 heterocycles. The third-order valence-electron chi connectivity index (χ3n) is 4.48. The molecule has 1 aromatic carbocycles. The Kier molecular flexibility index (Phi) is 7.17. The van der Waals surface area contributed by atoms with Gasteiger partial charge in [0.05, 0.1) is 13.1 Å². The van der Waals surface area contributed by atoms with Crippen LogP contribution in [0.3, 0.4) is 0 Å². The van der Waals surface area contributed by atoms with Gasteiger partial charge in [-0.2, -0.15) is 5.10 Å². The van der Waals surface area contributed by atoms with E-state index in [1.54, 1.807) is 13.2 Å². The van der Waals surface area contributed by atoms with Gasteiger partial charge in [-0.1, -0.05) is 30.3 Å². The average Bonchev–Trinajstić information content (AvgIpc) is 3.39. The largest absolute Gasteiger partial charge is 0.352 e. The Morgan fingerprint density at radius 2 is 1.72 bits per heavy atom. The van der Waals surface area contributed by atoms with Crippen LogP contribution in [0.15, 0.2) is 72.1 Å². The van der Waals surface area contributed by atoms with Crippen molar-refractivity contribution in [3.05, 3.63) is 84.1 Å². The van der Waals surface area contributed by atoms with Crippen LogP contribution in [0.1, 0.15) is 17.0 Å². The van der Waals surface area contributed by atoms with E-state index in [0.29, 0.717) is 19.0 Å². The van der Waals surface area contributed by atoms with Crippen LogP contribution in [0.25, 0.3) is 5.65 Å². The molecule has 0 saturated carbocycles. The first-order chi connectivity index (χ1) is 13.8. The van der Waals surface area contributed by atoms with Crippen LogP contribution in [0.5, 0.6) is 0 Å². The molecule has 2 N–H and O–H groups in total. The summed E-state index contributed by atoms with van der Waals surface area (Å²) in [4.78, 5) is 4.31. The molecule has 3 aromatic heterocycles. The minimum Gasteiger partial charge on any atom is -0.352 e. The first-order valence-electron chi connectivity index (χ1n) is 9.11. The third kappa shape index (κ3) is 5.11. The number of guanidine groups is 1. The number of halogens is 1. The molecule has 29 heavy (non-hydrogen) atoms. The van der Waals surface area contributed by atoms with E-state index in [-0.39, 0.29) is 24.0 Å². The molecule has 0 radical (unpaired) electrons. The summed E-state index contributed by atoms with van der Waals surface area (Å²) in [5.74, 6) is 1.54. The van der Waals surface area contributed by atoms with Gasteiger partial charge in [0.15, 0.2) is 17.4 Å². The van der Waals surface area contributed by atoms with Crippen molar-refractivity contribution in [2.75, 3.05) is 7.05 Å². The SMILES string of the molecule is CN=C(NCc1ccccc1Cn1cccn1)NCc1nnc2ccccn12.I. The van der Waals surface area contributed by atoms with E-state index < -0.39 is 0 Å². The molecule has 0 aliphatic rings. The molecule has 0 saturated heterocycles. The van der Waals surface area contributed by atoms with Gasteiger partial charge < -0.3 is 10.6 Å². The van der Waals surface area contributed by atoms with Crippen molar-refractivity contribution in [1.82, 2.24) is 35.0 Å². The molecule has 0 atom stereocenters. The second-order valence-corrected chi connectivity index (χ2v) is 6.30. The first-order valence-corrected chi connectivity index (χ1v) is 9.11. The fourth-order valence-corrected chi connectivity index (χ4v) is 3.03. The number of rotatable bonds is 6. The number of benzene rings is 1. The second-order valence-electron chi connectivity index (χ2n) is 6.30.